The molecule has 0 radical (unpaired) electrons. The van der Waals surface area contributed by atoms with Crippen LogP contribution in [-0.2, 0) is 13.1 Å². The van der Waals surface area contributed by atoms with E-state index in [0.717, 1.165) is 10.9 Å². The van der Waals surface area contributed by atoms with Crippen LogP contribution < -0.4 is 5.73 Å². The summed E-state index contributed by atoms with van der Waals surface area (Å²) >= 11 is 0. The van der Waals surface area contributed by atoms with Gasteiger partial charge in [0.1, 0.15) is 6.54 Å². The summed E-state index contributed by atoms with van der Waals surface area (Å²) in [6, 6.07) is 6.88. The lowest BCUT2D eigenvalue weighted by molar-refractivity contribution is -0.139. The fourth-order valence-corrected chi connectivity index (χ4v) is 1.80. The molecule has 0 atom stereocenters. The van der Waals surface area contributed by atoms with Gasteiger partial charge in [0.05, 0.1) is 0 Å². The first-order valence-electron chi connectivity index (χ1n) is 4.85. The molecule has 0 saturated heterocycles. The van der Waals surface area contributed by atoms with E-state index in [0.29, 0.717) is 12.1 Å². The number of rotatable bonds is 2. The molecule has 0 fully saturated rings. The van der Waals surface area contributed by atoms with Gasteiger partial charge in [-0.15, -0.1) is 0 Å². The van der Waals surface area contributed by atoms with Crippen molar-refractivity contribution in [3.63, 3.8) is 0 Å². The minimum Gasteiger partial charge on any atom is -0.338 e. The fourth-order valence-electron chi connectivity index (χ4n) is 1.80. The SMILES string of the molecule is NCc1cccc2c1ccn2CC(F)(F)F. The third-order valence-corrected chi connectivity index (χ3v) is 2.47. The number of aromatic nitrogens is 1. The molecule has 16 heavy (non-hydrogen) atoms. The standard InChI is InChI=1S/C11H11F3N2/c12-11(13,14)7-16-5-4-9-8(6-15)2-1-3-10(9)16/h1-5H,6-7,15H2. The quantitative estimate of drug-likeness (QED) is 0.841. The summed E-state index contributed by atoms with van der Waals surface area (Å²) in [4.78, 5) is 0. The second-order valence-electron chi connectivity index (χ2n) is 3.61. The minimum atomic E-state index is -4.20. The predicted molar refractivity (Wildman–Crippen MR) is 55.9 cm³/mol. The third kappa shape index (κ3) is 2.04. The molecular formula is C11H11F3N2. The molecule has 5 heteroatoms. The first kappa shape index (κ1) is 11.0. The van der Waals surface area contributed by atoms with Crippen LogP contribution in [0.1, 0.15) is 5.56 Å². The largest absolute Gasteiger partial charge is 0.406 e. The number of hydrogen-bond donors (Lipinski definition) is 1. The summed E-state index contributed by atoms with van der Waals surface area (Å²) in [7, 11) is 0. The second kappa shape index (κ2) is 3.83. The maximum Gasteiger partial charge on any atom is 0.406 e. The van der Waals surface area contributed by atoms with Crippen molar-refractivity contribution in [3.8, 4) is 0 Å². The molecule has 2 N–H and O–H groups in total. The Kier molecular flexibility index (Phi) is 2.63. The highest BCUT2D eigenvalue weighted by molar-refractivity contribution is 5.83. The number of halogens is 3. The first-order chi connectivity index (χ1) is 7.51. The number of hydrogen-bond acceptors (Lipinski definition) is 1. The van der Waals surface area contributed by atoms with E-state index in [9.17, 15) is 13.2 Å². The molecule has 86 valence electrons. The first-order valence-corrected chi connectivity index (χ1v) is 4.85. The Hall–Kier alpha value is -1.49. The maximum atomic E-state index is 12.3. The van der Waals surface area contributed by atoms with Crippen LogP contribution in [0.25, 0.3) is 10.9 Å². The molecule has 1 aromatic heterocycles. The molecule has 0 aliphatic heterocycles. The molecule has 0 bridgehead atoms. The zero-order valence-corrected chi connectivity index (χ0v) is 8.46. The molecule has 0 amide bonds. The highest BCUT2D eigenvalue weighted by Crippen LogP contribution is 2.24. The lowest BCUT2D eigenvalue weighted by Gasteiger charge is -2.09. The van der Waals surface area contributed by atoms with Crippen molar-refractivity contribution in [2.24, 2.45) is 5.73 Å². The molecule has 0 aliphatic carbocycles. The number of nitrogens with zero attached hydrogens (tertiary/aromatic N) is 1. The van der Waals surface area contributed by atoms with E-state index >= 15 is 0 Å². The smallest absolute Gasteiger partial charge is 0.338 e. The van der Waals surface area contributed by atoms with E-state index in [4.69, 9.17) is 5.73 Å². The van der Waals surface area contributed by atoms with E-state index in [-0.39, 0.29) is 0 Å². The van der Waals surface area contributed by atoms with Crippen LogP contribution in [0.3, 0.4) is 0 Å². The minimum absolute atomic E-state index is 0.327. The van der Waals surface area contributed by atoms with Crippen LogP contribution in [0.4, 0.5) is 13.2 Å². The van der Waals surface area contributed by atoms with E-state index in [1.54, 1.807) is 18.2 Å². The Morgan fingerprint density at radius 3 is 2.56 bits per heavy atom. The van der Waals surface area contributed by atoms with Gasteiger partial charge in [-0.3, -0.25) is 0 Å². The summed E-state index contributed by atoms with van der Waals surface area (Å²) in [6.45, 7) is -0.641. The van der Waals surface area contributed by atoms with Crippen LogP contribution >= 0.6 is 0 Å². The summed E-state index contributed by atoms with van der Waals surface area (Å²) in [5.74, 6) is 0. The van der Waals surface area contributed by atoms with Crippen molar-refractivity contribution in [3.05, 3.63) is 36.0 Å². The van der Waals surface area contributed by atoms with E-state index in [1.165, 1.54) is 10.8 Å². The molecule has 1 aromatic carbocycles. The van der Waals surface area contributed by atoms with Crippen molar-refractivity contribution in [1.82, 2.24) is 4.57 Å². The lowest BCUT2D eigenvalue weighted by Crippen LogP contribution is -2.16. The van der Waals surface area contributed by atoms with Crippen molar-refractivity contribution in [1.29, 1.82) is 0 Å². The topological polar surface area (TPSA) is 30.9 Å². The highest BCUT2D eigenvalue weighted by Gasteiger charge is 2.28. The van der Waals surface area contributed by atoms with Crippen LogP contribution in [-0.4, -0.2) is 10.7 Å². The Morgan fingerprint density at radius 2 is 1.94 bits per heavy atom. The number of alkyl halides is 3. The molecule has 0 saturated carbocycles. The zero-order chi connectivity index (χ0) is 11.8. The third-order valence-electron chi connectivity index (χ3n) is 2.47. The van der Waals surface area contributed by atoms with Gasteiger partial charge in [-0.25, -0.2) is 0 Å². The van der Waals surface area contributed by atoms with Gasteiger partial charge in [0.25, 0.3) is 0 Å². The molecule has 2 rings (SSSR count). The zero-order valence-electron chi connectivity index (χ0n) is 8.46. The van der Waals surface area contributed by atoms with Gasteiger partial charge in [-0.05, 0) is 17.7 Å². The van der Waals surface area contributed by atoms with Crippen molar-refractivity contribution >= 4 is 10.9 Å². The molecule has 0 spiro atoms. The van der Waals surface area contributed by atoms with Gasteiger partial charge in [0.15, 0.2) is 0 Å². The molecule has 0 unspecified atom stereocenters. The fraction of sp³-hybridized carbons (Fsp3) is 0.273. The summed E-state index contributed by atoms with van der Waals surface area (Å²) in [6.07, 6.45) is -2.76. The monoisotopic (exact) mass is 228 g/mol. The number of nitrogens with two attached hydrogens (primary N) is 1. The van der Waals surface area contributed by atoms with E-state index in [1.807, 2.05) is 6.07 Å². The van der Waals surface area contributed by atoms with Crippen molar-refractivity contribution < 1.29 is 13.2 Å². The summed E-state index contributed by atoms with van der Waals surface area (Å²) in [5, 5.41) is 0.786. The lowest BCUT2D eigenvalue weighted by atomic mass is 10.1. The van der Waals surface area contributed by atoms with Crippen LogP contribution in [0.2, 0.25) is 0 Å². The molecule has 0 aliphatic rings. The number of fused-ring (bicyclic) bond motifs is 1. The second-order valence-corrected chi connectivity index (χ2v) is 3.61. The molecule has 2 nitrogen and oxygen atoms in total. The van der Waals surface area contributed by atoms with Gasteiger partial charge in [0, 0.05) is 23.6 Å². The average Bonchev–Trinajstić information content (AvgIpc) is 2.59. The predicted octanol–water partition coefficient (Wildman–Crippen LogP) is 2.66. The van der Waals surface area contributed by atoms with Crippen molar-refractivity contribution in [2.45, 2.75) is 19.3 Å². The molecule has 1 heterocycles. The average molecular weight is 228 g/mol. The summed E-state index contributed by atoms with van der Waals surface area (Å²) in [5.41, 5.74) is 6.95. The Balaban J connectivity index is 2.49. The van der Waals surface area contributed by atoms with Gasteiger partial charge in [-0.2, -0.15) is 13.2 Å². The Morgan fingerprint density at radius 1 is 1.19 bits per heavy atom. The Bertz CT molecular complexity index is 499. The Labute approximate surface area is 90.5 Å². The van der Waals surface area contributed by atoms with E-state index < -0.39 is 12.7 Å². The van der Waals surface area contributed by atoms with Gasteiger partial charge < -0.3 is 10.3 Å². The molecule has 2 aromatic rings. The van der Waals surface area contributed by atoms with Crippen molar-refractivity contribution in [2.75, 3.05) is 0 Å². The maximum absolute atomic E-state index is 12.3. The normalized spacial score (nSPS) is 12.2. The van der Waals surface area contributed by atoms with Gasteiger partial charge in [-0.1, -0.05) is 12.1 Å². The van der Waals surface area contributed by atoms with Crippen LogP contribution in [0, 0.1) is 0 Å². The van der Waals surface area contributed by atoms with Crippen LogP contribution in [0.5, 0.6) is 0 Å². The molecular weight excluding hydrogens is 217 g/mol. The van der Waals surface area contributed by atoms with E-state index in [2.05, 4.69) is 0 Å². The number of benzene rings is 1. The summed E-state index contributed by atoms with van der Waals surface area (Å²) < 4.78 is 38.0. The van der Waals surface area contributed by atoms with Gasteiger partial charge in [0.2, 0.25) is 0 Å². The van der Waals surface area contributed by atoms with Gasteiger partial charge >= 0.3 is 6.18 Å². The highest BCUT2D eigenvalue weighted by atomic mass is 19.4. The van der Waals surface area contributed by atoms with Crippen LogP contribution in [0.15, 0.2) is 30.5 Å².